The third-order valence-electron chi connectivity index (χ3n) is 4.24. The van der Waals surface area contributed by atoms with Crippen molar-refractivity contribution in [2.24, 2.45) is 0 Å². The largest absolute Gasteiger partial charge is 0.363 e. The van der Waals surface area contributed by atoms with Crippen molar-refractivity contribution in [2.45, 2.75) is 37.5 Å². The second-order valence-electron chi connectivity index (χ2n) is 5.59. The van der Waals surface area contributed by atoms with Gasteiger partial charge in [0, 0.05) is 6.42 Å². The summed E-state index contributed by atoms with van der Waals surface area (Å²) in [5.74, 6) is 2.56. The van der Waals surface area contributed by atoms with Crippen LogP contribution in [0.2, 0.25) is 0 Å². The van der Waals surface area contributed by atoms with Gasteiger partial charge in [0.2, 0.25) is 5.91 Å². The summed E-state index contributed by atoms with van der Waals surface area (Å²) in [7, 11) is 0. The molecule has 2 aliphatic rings. The number of ether oxygens (including phenoxy) is 1. The summed E-state index contributed by atoms with van der Waals surface area (Å²) in [6.45, 7) is 1.18. The molecule has 1 aromatic carbocycles. The molecule has 21 heavy (non-hydrogen) atoms. The van der Waals surface area contributed by atoms with Gasteiger partial charge in [-0.15, -0.1) is 6.42 Å². The van der Waals surface area contributed by atoms with E-state index in [1.807, 2.05) is 12.1 Å². The van der Waals surface area contributed by atoms with Gasteiger partial charge in [0.05, 0.1) is 18.2 Å². The molecule has 1 heterocycles. The van der Waals surface area contributed by atoms with Crippen molar-refractivity contribution >= 4 is 5.91 Å². The molecule has 3 atom stereocenters. The minimum atomic E-state index is -0.107. The molecule has 110 valence electrons. The molecule has 0 bridgehead atoms. The van der Waals surface area contributed by atoms with Crippen molar-refractivity contribution in [2.75, 3.05) is 13.2 Å². The van der Waals surface area contributed by atoms with Crippen molar-refractivity contribution in [3.63, 3.8) is 0 Å². The van der Waals surface area contributed by atoms with Crippen molar-refractivity contribution < 1.29 is 9.53 Å². The lowest BCUT2D eigenvalue weighted by Crippen LogP contribution is -2.44. The summed E-state index contributed by atoms with van der Waals surface area (Å²) in [4.78, 5) is 12.4. The van der Waals surface area contributed by atoms with Gasteiger partial charge in [-0.25, -0.2) is 0 Å². The molecule has 0 aromatic heterocycles. The van der Waals surface area contributed by atoms with Crippen molar-refractivity contribution in [3.05, 3.63) is 35.4 Å². The number of amides is 1. The molecule has 4 nitrogen and oxygen atoms in total. The predicted molar refractivity (Wildman–Crippen MR) is 80.6 cm³/mol. The van der Waals surface area contributed by atoms with E-state index in [4.69, 9.17) is 11.2 Å². The van der Waals surface area contributed by atoms with Gasteiger partial charge < -0.3 is 15.4 Å². The first-order chi connectivity index (χ1) is 10.3. The molecular formula is C17H20N2O2. The van der Waals surface area contributed by atoms with Gasteiger partial charge in [-0.2, -0.15) is 0 Å². The van der Waals surface area contributed by atoms with Gasteiger partial charge in [-0.3, -0.25) is 4.79 Å². The van der Waals surface area contributed by atoms with Gasteiger partial charge in [-0.05, 0) is 30.5 Å². The Balaban J connectivity index is 1.75. The number of rotatable bonds is 4. The number of terminal acetylenes is 1. The molecule has 0 spiro atoms. The van der Waals surface area contributed by atoms with E-state index in [-0.39, 0.29) is 30.7 Å². The van der Waals surface area contributed by atoms with Crippen LogP contribution in [0.1, 0.15) is 30.0 Å². The monoisotopic (exact) mass is 284 g/mol. The fourth-order valence-corrected chi connectivity index (χ4v) is 3.20. The van der Waals surface area contributed by atoms with E-state index in [1.165, 1.54) is 5.56 Å². The Morgan fingerprint density at radius 1 is 1.48 bits per heavy atom. The maximum atomic E-state index is 12.4. The molecular weight excluding hydrogens is 264 g/mol. The van der Waals surface area contributed by atoms with Crippen LogP contribution in [-0.2, 0) is 16.0 Å². The number of benzene rings is 1. The molecule has 1 aromatic rings. The van der Waals surface area contributed by atoms with Crippen LogP contribution in [0, 0.1) is 12.3 Å². The summed E-state index contributed by atoms with van der Waals surface area (Å²) >= 11 is 0. The van der Waals surface area contributed by atoms with E-state index in [2.05, 4.69) is 28.7 Å². The average Bonchev–Trinajstić information content (AvgIpc) is 3.14. The number of fused-ring (bicyclic) bond motifs is 1. The molecule has 4 heteroatoms. The predicted octanol–water partition coefficient (Wildman–Crippen LogP) is 1.17. The summed E-state index contributed by atoms with van der Waals surface area (Å²) in [5.41, 5.74) is 2.37. The fraction of sp³-hybridized carbons (Fsp3) is 0.471. The smallest absolute Gasteiger partial charge is 0.237 e. The van der Waals surface area contributed by atoms with E-state index >= 15 is 0 Å². The van der Waals surface area contributed by atoms with E-state index in [9.17, 15) is 4.79 Å². The lowest BCUT2D eigenvalue weighted by molar-refractivity contribution is -0.124. The van der Waals surface area contributed by atoms with Crippen molar-refractivity contribution in [1.29, 1.82) is 0 Å². The molecule has 1 aliphatic carbocycles. The van der Waals surface area contributed by atoms with E-state index in [0.29, 0.717) is 0 Å². The summed E-state index contributed by atoms with van der Waals surface area (Å²) < 4.78 is 5.74. The Bertz CT molecular complexity index is 558. The zero-order valence-electron chi connectivity index (χ0n) is 12.0. The third-order valence-corrected chi connectivity index (χ3v) is 4.24. The van der Waals surface area contributed by atoms with Gasteiger partial charge in [0.15, 0.2) is 0 Å². The molecule has 3 unspecified atom stereocenters. The molecule has 1 aliphatic heterocycles. The van der Waals surface area contributed by atoms with E-state index in [0.717, 1.165) is 31.4 Å². The molecule has 2 N–H and O–H groups in total. The number of hydrogen-bond donors (Lipinski definition) is 2. The number of hydrogen-bond acceptors (Lipinski definition) is 3. The molecule has 1 fully saturated rings. The molecule has 0 saturated carbocycles. The fourth-order valence-electron chi connectivity index (χ4n) is 3.20. The maximum Gasteiger partial charge on any atom is 0.237 e. The number of carbonyl (C=O) groups excluding carboxylic acids is 1. The van der Waals surface area contributed by atoms with Gasteiger partial charge >= 0.3 is 0 Å². The highest BCUT2D eigenvalue weighted by atomic mass is 16.5. The Kier molecular flexibility index (Phi) is 4.23. The highest BCUT2D eigenvalue weighted by molar-refractivity contribution is 5.82. The summed E-state index contributed by atoms with van der Waals surface area (Å²) in [6, 6.07) is 7.97. The van der Waals surface area contributed by atoms with E-state index < -0.39 is 0 Å². The molecule has 3 rings (SSSR count). The highest BCUT2D eigenvalue weighted by Gasteiger charge is 2.35. The van der Waals surface area contributed by atoms with Gasteiger partial charge in [0.25, 0.3) is 0 Å². The zero-order chi connectivity index (χ0) is 14.7. The van der Waals surface area contributed by atoms with Crippen LogP contribution in [0.5, 0.6) is 0 Å². The van der Waals surface area contributed by atoms with Crippen LogP contribution in [-0.4, -0.2) is 31.2 Å². The van der Waals surface area contributed by atoms with Gasteiger partial charge in [-0.1, -0.05) is 30.2 Å². The van der Waals surface area contributed by atoms with Crippen LogP contribution >= 0.6 is 0 Å². The van der Waals surface area contributed by atoms with Crippen LogP contribution < -0.4 is 10.6 Å². The minimum Gasteiger partial charge on any atom is -0.363 e. The molecule has 1 amide bonds. The normalized spacial score (nSPS) is 27.1. The zero-order valence-corrected chi connectivity index (χ0v) is 12.0. The first kappa shape index (κ1) is 14.1. The Morgan fingerprint density at radius 3 is 3.10 bits per heavy atom. The van der Waals surface area contributed by atoms with Crippen LogP contribution in [0.4, 0.5) is 0 Å². The van der Waals surface area contributed by atoms with Gasteiger partial charge in [0.1, 0.15) is 6.61 Å². The number of carbonyl (C=O) groups is 1. The quantitative estimate of drug-likeness (QED) is 0.816. The minimum absolute atomic E-state index is 0.0588. The second-order valence-corrected chi connectivity index (χ2v) is 5.59. The highest BCUT2D eigenvalue weighted by Crippen LogP contribution is 2.33. The van der Waals surface area contributed by atoms with Crippen molar-refractivity contribution in [3.8, 4) is 12.3 Å². The van der Waals surface area contributed by atoms with Crippen LogP contribution in [0.3, 0.4) is 0 Å². The van der Waals surface area contributed by atoms with Crippen molar-refractivity contribution in [1.82, 2.24) is 10.6 Å². The summed E-state index contributed by atoms with van der Waals surface area (Å²) in [6.07, 6.45) is 7.95. The topological polar surface area (TPSA) is 50.4 Å². The standard InChI is InChI=1S/C17H20N2O2/c1-2-10-21-15-11-12-6-3-4-7-13(12)16(15)19-17(20)14-8-5-9-18-14/h1,3-4,6-7,14-16,18H,5,8-11H2,(H,19,20). The third kappa shape index (κ3) is 2.94. The lowest BCUT2D eigenvalue weighted by Gasteiger charge is -2.23. The van der Waals surface area contributed by atoms with Crippen LogP contribution in [0.15, 0.2) is 24.3 Å². The summed E-state index contributed by atoms with van der Waals surface area (Å²) in [5, 5.41) is 6.37. The SMILES string of the molecule is C#CCOC1Cc2ccccc2C1NC(=O)C1CCCN1. The lowest BCUT2D eigenvalue weighted by atomic mass is 10.1. The second kappa shape index (κ2) is 6.30. The first-order valence-corrected chi connectivity index (χ1v) is 7.46. The maximum absolute atomic E-state index is 12.4. The average molecular weight is 284 g/mol. The van der Waals surface area contributed by atoms with E-state index in [1.54, 1.807) is 0 Å². The molecule has 0 radical (unpaired) electrons. The molecule has 1 saturated heterocycles. The first-order valence-electron chi connectivity index (χ1n) is 7.46. The van der Waals surface area contributed by atoms with Crippen LogP contribution in [0.25, 0.3) is 0 Å². The number of nitrogens with one attached hydrogen (secondary N) is 2. The Morgan fingerprint density at radius 2 is 2.33 bits per heavy atom. The Hall–Kier alpha value is -1.83. The Labute approximate surface area is 125 Å².